The third-order valence-electron chi connectivity index (χ3n) is 3.70. The fourth-order valence-electron chi connectivity index (χ4n) is 2.36. The van der Waals surface area contributed by atoms with Crippen molar-refractivity contribution in [2.75, 3.05) is 5.32 Å². The first kappa shape index (κ1) is 12.8. The smallest absolute Gasteiger partial charge is 0.329 e. The lowest BCUT2D eigenvalue weighted by atomic mass is 9.77. The van der Waals surface area contributed by atoms with Crippen LogP contribution in [0.2, 0.25) is 0 Å². The van der Waals surface area contributed by atoms with Gasteiger partial charge in [0.2, 0.25) is 0 Å². The van der Waals surface area contributed by atoms with Crippen LogP contribution in [0.4, 0.5) is 5.82 Å². The molecule has 1 aliphatic rings. The Morgan fingerprint density at radius 2 is 2.06 bits per heavy atom. The van der Waals surface area contributed by atoms with E-state index in [1.807, 2.05) is 13.0 Å². The van der Waals surface area contributed by atoms with E-state index in [1.54, 1.807) is 6.07 Å². The van der Waals surface area contributed by atoms with E-state index < -0.39 is 11.5 Å². The highest BCUT2D eigenvalue weighted by molar-refractivity contribution is 5.82. The molecular formula is C13H19N3O2. The van der Waals surface area contributed by atoms with Crippen LogP contribution < -0.4 is 5.32 Å². The lowest BCUT2D eigenvalue weighted by Crippen LogP contribution is -2.49. The van der Waals surface area contributed by atoms with Gasteiger partial charge in [0.05, 0.1) is 5.69 Å². The maximum atomic E-state index is 11.5. The topological polar surface area (TPSA) is 75.1 Å². The van der Waals surface area contributed by atoms with Gasteiger partial charge in [-0.3, -0.25) is 0 Å². The number of nitrogens with one attached hydrogen (secondary N) is 1. The summed E-state index contributed by atoms with van der Waals surface area (Å²) in [6, 6.07) is 3.61. The molecule has 1 saturated carbocycles. The van der Waals surface area contributed by atoms with Crippen molar-refractivity contribution < 1.29 is 9.90 Å². The Morgan fingerprint density at radius 3 is 2.56 bits per heavy atom. The van der Waals surface area contributed by atoms with Crippen LogP contribution in [0.3, 0.4) is 0 Å². The molecule has 0 bridgehead atoms. The number of hydrogen-bond acceptors (Lipinski definition) is 4. The molecule has 98 valence electrons. The second-order valence-corrected chi connectivity index (χ2v) is 5.25. The van der Waals surface area contributed by atoms with Crippen LogP contribution in [0, 0.1) is 12.8 Å². The standard InChI is InChI=1S/C13H19N3O2/c1-9-5-7-13(8-6-9,12(17)18)14-11-4-3-10(2)15-16-11/h3-4,9H,5-8H2,1-2H3,(H,14,16)(H,17,18). The van der Waals surface area contributed by atoms with Crippen molar-refractivity contribution in [3.63, 3.8) is 0 Å². The number of aryl methyl sites for hydroxylation is 1. The molecule has 2 N–H and O–H groups in total. The second kappa shape index (κ2) is 4.92. The number of hydrogen-bond donors (Lipinski definition) is 2. The van der Waals surface area contributed by atoms with Crippen molar-refractivity contribution >= 4 is 11.8 Å². The Hall–Kier alpha value is -1.65. The predicted octanol–water partition coefficient (Wildman–Crippen LogP) is 2.23. The predicted molar refractivity (Wildman–Crippen MR) is 68.4 cm³/mol. The molecule has 0 amide bonds. The zero-order valence-corrected chi connectivity index (χ0v) is 10.8. The summed E-state index contributed by atoms with van der Waals surface area (Å²) in [5.74, 6) is 0.345. The minimum absolute atomic E-state index is 0.539. The lowest BCUT2D eigenvalue weighted by Gasteiger charge is -2.36. The molecule has 5 nitrogen and oxygen atoms in total. The summed E-state index contributed by atoms with van der Waals surface area (Å²) in [7, 11) is 0. The van der Waals surface area contributed by atoms with Crippen LogP contribution in [0.25, 0.3) is 0 Å². The summed E-state index contributed by atoms with van der Waals surface area (Å²) in [5.41, 5.74) is -0.0571. The number of anilines is 1. The zero-order chi connectivity index (χ0) is 13.2. The van der Waals surface area contributed by atoms with Crippen LogP contribution in [-0.2, 0) is 4.79 Å². The number of carboxylic acids is 1. The van der Waals surface area contributed by atoms with E-state index >= 15 is 0 Å². The largest absolute Gasteiger partial charge is 0.480 e. The number of aromatic nitrogens is 2. The molecule has 0 saturated heterocycles. The van der Waals surface area contributed by atoms with Crippen molar-refractivity contribution in [2.45, 2.75) is 45.1 Å². The monoisotopic (exact) mass is 249 g/mol. The van der Waals surface area contributed by atoms with E-state index in [-0.39, 0.29) is 0 Å². The Bertz CT molecular complexity index is 422. The van der Waals surface area contributed by atoms with Crippen molar-refractivity contribution in [1.29, 1.82) is 0 Å². The molecule has 0 radical (unpaired) electrons. The summed E-state index contributed by atoms with van der Waals surface area (Å²) >= 11 is 0. The number of carbonyl (C=O) groups is 1. The van der Waals surface area contributed by atoms with E-state index in [1.165, 1.54) is 0 Å². The van der Waals surface area contributed by atoms with Gasteiger partial charge in [0.1, 0.15) is 11.4 Å². The zero-order valence-electron chi connectivity index (χ0n) is 10.8. The normalized spacial score (nSPS) is 27.8. The van der Waals surface area contributed by atoms with Crippen LogP contribution in [0.15, 0.2) is 12.1 Å². The first-order chi connectivity index (χ1) is 8.52. The average Bonchev–Trinajstić information content (AvgIpc) is 2.35. The third-order valence-corrected chi connectivity index (χ3v) is 3.70. The van der Waals surface area contributed by atoms with E-state index in [4.69, 9.17) is 0 Å². The van der Waals surface area contributed by atoms with E-state index in [0.29, 0.717) is 24.6 Å². The summed E-state index contributed by atoms with van der Waals surface area (Å²) in [6.07, 6.45) is 3.13. The molecule has 1 heterocycles. The number of nitrogens with zero attached hydrogens (tertiary/aromatic N) is 2. The highest BCUT2D eigenvalue weighted by Gasteiger charge is 2.41. The minimum atomic E-state index is -0.879. The number of rotatable bonds is 3. The van der Waals surface area contributed by atoms with Gasteiger partial charge in [-0.1, -0.05) is 6.92 Å². The molecule has 1 aliphatic carbocycles. The van der Waals surface area contributed by atoms with Gasteiger partial charge in [0, 0.05) is 0 Å². The van der Waals surface area contributed by atoms with Gasteiger partial charge in [-0.2, -0.15) is 5.10 Å². The minimum Gasteiger partial charge on any atom is -0.480 e. The van der Waals surface area contributed by atoms with Gasteiger partial charge in [-0.05, 0) is 50.7 Å². The third kappa shape index (κ3) is 2.60. The van der Waals surface area contributed by atoms with Gasteiger partial charge in [0.15, 0.2) is 0 Å². The van der Waals surface area contributed by atoms with Crippen molar-refractivity contribution in [3.8, 4) is 0 Å². The molecule has 0 atom stereocenters. The first-order valence-electron chi connectivity index (χ1n) is 6.34. The van der Waals surface area contributed by atoms with Gasteiger partial charge < -0.3 is 10.4 Å². The van der Waals surface area contributed by atoms with Crippen molar-refractivity contribution in [2.24, 2.45) is 5.92 Å². The maximum absolute atomic E-state index is 11.5. The first-order valence-corrected chi connectivity index (χ1v) is 6.34. The SMILES string of the molecule is Cc1ccc(NC2(C(=O)O)CCC(C)CC2)nn1. The summed E-state index contributed by atoms with van der Waals surface area (Å²) in [6.45, 7) is 4.02. The highest BCUT2D eigenvalue weighted by Crippen LogP contribution is 2.34. The Labute approximate surface area is 107 Å². The summed E-state index contributed by atoms with van der Waals surface area (Å²) in [5, 5.41) is 20.5. The Balaban J connectivity index is 2.16. The Kier molecular flexibility index (Phi) is 3.50. The molecule has 0 spiro atoms. The lowest BCUT2D eigenvalue weighted by molar-refractivity contribution is -0.143. The molecule has 0 aliphatic heterocycles. The summed E-state index contributed by atoms with van der Waals surface area (Å²) < 4.78 is 0. The van der Waals surface area contributed by atoms with Gasteiger partial charge in [-0.15, -0.1) is 5.10 Å². The quantitative estimate of drug-likeness (QED) is 0.859. The average molecular weight is 249 g/mol. The molecule has 1 aromatic heterocycles. The van der Waals surface area contributed by atoms with Gasteiger partial charge >= 0.3 is 5.97 Å². The fourth-order valence-corrected chi connectivity index (χ4v) is 2.36. The van der Waals surface area contributed by atoms with E-state index in [0.717, 1.165) is 18.5 Å². The highest BCUT2D eigenvalue weighted by atomic mass is 16.4. The molecule has 2 rings (SSSR count). The number of carboxylic acid groups (broad SMARTS) is 1. The Morgan fingerprint density at radius 1 is 1.39 bits per heavy atom. The van der Waals surface area contributed by atoms with Crippen LogP contribution in [0.1, 0.15) is 38.3 Å². The molecule has 1 aromatic rings. The van der Waals surface area contributed by atoms with E-state index in [2.05, 4.69) is 22.4 Å². The van der Waals surface area contributed by atoms with E-state index in [9.17, 15) is 9.90 Å². The molecule has 0 unspecified atom stereocenters. The van der Waals surface area contributed by atoms with Crippen LogP contribution >= 0.6 is 0 Å². The second-order valence-electron chi connectivity index (χ2n) is 5.25. The molecular weight excluding hydrogens is 230 g/mol. The maximum Gasteiger partial charge on any atom is 0.329 e. The van der Waals surface area contributed by atoms with Gasteiger partial charge in [-0.25, -0.2) is 4.79 Å². The van der Waals surface area contributed by atoms with Crippen molar-refractivity contribution in [3.05, 3.63) is 17.8 Å². The molecule has 18 heavy (non-hydrogen) atoms. The van der Waals surface area contributed by atoms with Crippen molar-refractivity contribution in [1.82, 2.24) is 10.2 Å². The van der Waals surface area contributed by atoms with Crippen LogP contribution in [0.5, 0.6) is 0 Å². The molecule has 0 aromatic carbocycles. The fraction of sp³-hybridized carbons (Fsp3) is 0.615. The van der Waals surface area contributed by atoms with Gasteiger partial charge in [0.25, 0.3) is 0 Å². The molecule has 5 heteroatoms. The number of aliphatic carboxylic acids is 1. The molecule has 1 fully saturated rings. The summed E-state index contributed by atoms with van der Waals surface area (Å²) in [4.78, 5) is 11.5. The van der Waals surface area contributed by atoms with Crippen LogP contribution in [-0.4, -0.2) is 26.8 Å².